The van der Waals surface area contributed by atoms with E-state index < -0.39 is 5.82 Å². The van der Waals surface area contributed by atoms with Gasteiger partial charge in [0, 0.05) is 42.3 Å². The molecule has 0 unspecified atom stereocenters. The van der Waals surface area contributed by atoms with Crippen molar-refractivity contribution in [2.45, 2.75) is 32.2 Å². The molecule has 1 fully saturated rings. The minimum Gasteiger partial charge on any atom is -0.508 e. The highest BCUT2D eigenvalue weighted by molar-refractivity contribution is 5.95. The number of fused-ring (bicyclic) bond motifs is 2. The first-order chi connectivity index (χ1) is 19.6. The maximum atomic E-state index is 14.0. The topological polar surface area (TPSA) is 128 Å². The number of phenols is 1. The third kappa shape index (κ3) is 4.66. The van der Waals surface area contributed by atoms with Crippen molar-refractivity contribution in [3.63, 3.8) is 0 Å². The van der Waals surface area contributed by atoms with E-state index in [1.54, 1.807) is 12.4 Å². The Balaban J connectivity index is 1.21. The van der Waals surface area contributed by atoms with Crippen LogP contribution in [0.25, 0.3) is 56.0 Å². The van der Waals surface area contributed by atoms with Crippen molar-refractivity contribution in [3.05, 3.63) is 72.6 Å². The summed E-state index contributed by atoms with van der Waals surface area (Å²) in [6, 6.07) is 9.91. The average Bonchev–Trinajstić information content (AvgIpc) is 3.71. The zero-order valence-corrected chi connectivity index (χ0v) is 21.7. The molecule has 1 saturated carbocycles. The van der Waals surface area contributed by atoms with Crippen LogP contribution in [0.4, 0.5) is 4.39 Å². The van der Waals surface area contributed by atoms with Crippen LogP contribution < -0.4 is 5.32 Å². The lowest BCUT2D eigenvalue weighted by Crippen LogP contribution is -2.20. The van der Waals surface area contributed by atoms with Crippen molar-refractivity contribution >= 4 is 22.1 Å². The quantitative estimate of drug-likeness (QED) is 0.205. The van der Waals surface area contributed by atoms with Crippen LogP contribution in [0.15, 0.2) is 61.2 Å². The Labute approximate surface area is 229 Å². The predicted molar refractivity (Wildman–Crippen MR) is 151 cm³/mol. The lowest BCUT2D eigenvalue weighted by molar-refractivity contribution is 0.469. The van der Waals surface area contributed by atoms with E-state index in [-0.39, 0.29) is 5.75 Å². The summed E-state index contributed by atoms with van der Waals surface area (Å²) < 4.78 is 14.0. The molecule has 200 valence electrons. The Hall–Kier alpha value is -4.70. The van der Waals surface area contributed by atoms with E-state index in [0.717, 1.165) is 47.4 Å². The number of halogens is 1. The standard InChI is InChI=1S/C30H27FN8O/c31-21-8-19(9-22(40)10-21)23-15-34-16-26-27(23)37-30(36-26)29-28-25(38-39-29)6-5-24(35-28)20-7-18(13-33-14-20)12-32-11-17-3-1-2-4-17/h5-10,13-17,32,40H,1-4,11-12H2,(H,36,37)(H,38,39). The number of aromatic hydroxyl groups is 1. The predicted octanol–water partition coefficient (Wildman–Crippen LogP) is 5.75. The monoisotopic (exact) mass is 534 g/mol. The van der Waals surface area contributed by atoms with Crippen molar-refractivity contribution in [2.75, 3.05) is 6.54 Å². The molecule has 0 amide bonds. The highest BCUT2D eigenvalue weighted by Gasteiger charge is 2.18. The summed E-state index contributed by atoms with van der Waals surface area (Å²) in [6.07, 6.45) is 12.3. The Bertz CT molecular complexity index is 1820. The molecule has 10 heteroatoms. The summed E-state index contributed by atoms with van der Waals surface area (Å²) in [5.41, 5.74) is 7.14. The molecule has 0 saturated heterocycles. The van der Waals surface area contributed by atoms with Crippen LogP contribution in [0.2, 0.25) is 0 Å². The summed E-state index contributed by atoms with van der Waals surface area (Å²) in [5, 5.41) is 21.0. The van der Waals surface area contributed by atoms with Crippen LogP contribution in [0.3, 0.4) is 0 Å². The number of hydrogen-bond donors (Lipinski definition) is 4. The molecule has 0 aliphatic heterocycles. The van der Waals surface area contributed by atoms with E-state index in [4.69, 9.17) is 9.97 Å². The second-order valence-electron chi connectivity index (χ2n) is 10.4. The van der Waals surface area contributed by atoms with E-state index in [2.05, 4.69) is 36.5 Å². The van der Waals surface area contributed by atoms with Gasteiger partial charge in [0.15, 0.2) is 11.5 Å². The molecule has 5 aromatic heterocycles. The minimum absolute atomic E-state index is 0.166. The summed E-state index contributed by atoms with van der Waals surface area (Å²) in [6.45, 7) is 1.82. The third-order valence-electron chi connectivity index (χ3n) is 7.55. The SMILES string of the molecule is Oc1cc(F)cc(-c2cncc3[nH]c(-c4n[nH]c5ccc(-c6cncc(CNCC7CCCC7)c6)nc45)nc23)c1. The zero-order chi connectivity index (χ0) is 27.1. The van der Waals surface area contributed by atoms with Gasteiger partial charge in [-0.2, -0.15) is 5.10 Å². The second-order valence-corrected chi connectivity index (χ2v) is 10.4. The van der Waals surface area contributed by atoms with Gasteiger partial charge in [0.05, 0.1) is 28.4 Å². The summed E-state index contributed by atoms with van der Waals surface area (Å²) in [5.74, 6) is 0.580. The van der Waals surface area contributed by atoms with Crippen LogP contribution in [0.5, 0.6) is 5.75 Å². The number of benzene rings is 1. The number of aromatic nitrogens is 7. The first kappa shape index (κ1) is 24.3. The van der Waals surface area contributed by atoms with Crippen molar-refractivity contribution in [1.29, 1.82) is 0 Å². The van der Waals surface area contributed by atoms with Crippen molar-refractivity contribution in [2.24, 2.45) is 5.92 Å². The smallest absolute Gasteiger partial charge is 0.161 e. The number of aromatic amines is 2. The average molecular weight is 535 g/mol. The van der Waals surface area contributed by atoms with Gasteiger partial charge in [-0.25, -0.2) is 14.4 Å². The molecule has 0 atom stereocenters. The lowest BCUT2D eigenvalue weighted by atomic mass is 10.1. The van der Waals surface area contributed by atoms with E-state index >= 15 is 0 Å². The molecule has 1 aromatic carbocycles. The van der Waals surface area contributed by atoms with Gasteiger partial charge in [-0.3, -0.25) is 15.1 Å². The largest absolute Gasteiger partial charge is 0.508 e. The van der Waals surface area contributed by atoms with Gasteiger partial charge in [-0.15, -0.1) is 0 Å². The van der Waals surface area contributed by atoms with Crippen LogP contribution >= 0.6 is 0 Å². The van der Waals surface area contributed by atoms with E-state index in [9.17, 15) is 9.50 Å². The molecule has 4 N–H and O–H groups in total. The molecule has 5 heterocycles. The molecule has 1 aliphatic carbocycles. The van der Waals surface area contributed by atoms with Crippen LogP contribution in [0, 0.1) is 11.7 Å². The second kappa shape index (κ2) is 10.1. The normalized spacial score (nSPS) is 14.0. The third-order valence-corrected chi connectivity index (χ3v) is 7.55. The Kier molecular flexibility index (Phi) is 6.16. The fraction of sp³-hybridized carbons (Fsp3) is 0.233. The van der Waals surface area contributed by atoms with Gasteiger partial charge in [0.1, 0.15) is 17.1 Å². The number of rotatable bonds is 7. The Morgan fingerprint density at radius 1 is 0.900 bits per heavy atom. The van der Waals surface area contributed by atoms with Gasteiger partial charge in [0.25, 0.3) is 0 Å². The van der Waals surface area contributed by atoms with Crippen molar-refractivity contribution in [1.82, 2.24) is 40.4 Å². The van der Waals surface area contributed by atoms with Gasteiger partial charge in [-0.05, 0) is 66.8 Å². The van der Waals surface area contributed by atoms with Gasteiger partial charge in [0.2, 0.25) is 0 Å². The maximum absolute atomic E-state index is 14.0. The first-order valence-electron chi connectivity index (χ1n) is 13.4. The maximum Gasteiger partial charge on any atom is 0.161 e. The number of nitrogens with zero attached hydrogens (tertiary/aromatic N) is 5. The number of hydrogen-bond acceptors (Lipinski definition) is 7. The van der Waals surface area contributed by atoms with E-state index in [1.165, 1.54) is 37.8 Å². The van der Waals surface area contributed by atoms with Gasteiger partial charge in [-0.1, -0.05) is 12.8 Å². The fourth-order valence-electron chi connectivity index (χ4n) is 5.57. The first-order valence-corrected chi connectivity index (χ1v) is 13.4. The Morgan fingerprint density at radius 2 is 1.77 bits per heavy atom. The molecule has 7 rings (SSSR count). The fourth-order valence-corrected chi connectivity index (χ4v) is 5.57. The molecule has 40 heavy (non-hydrogen) atoms. The molecule has 6 aromatic rings. The number of H-pyrrole nitrogens is 2. The van der Waals surface area contributed by atoms with Crippen molar-refractivity contribution < 1.29 is 9.50 Å². The van der Waals surface area contributed by atoms with Crippen LogP contribution in [0.1, 0.15) is 31.2 Å². The number of imidazole rings is 1. The van der Waals surface area contributed by atoms with Gasteiger partial charge < -0.3 is 15.4 Å². The molecular weight excluding hydrogens is 507 g/mol. The minimum atomic E-state index is -0.541. The number of nitrogens with one attached hydrogen (secondary N) is 3. The summed E-state index contributed by atoms with van der Waals surface area (Å²) >= 11 is 0. The number of pyridine rings is 3. The van der Waals surface area contributed by atoms with E-state index in [0.29, 0.717) is 39.2 Å². The highest BCUT2D eigenvalue weighted by Crippen LogP contribution is 2.33. The molecule has 0 bridgehead atoms. The molecular formula is C30H27FN8O. The lowest BCUT2D eigenvalue weighted by Gasteiger charge is -2.11. The Morgan fingerprint density at radius 3 is 2.65 bits per heavy atom. The number of phenolic OH excluding ortho intramolecular Hbond substituents is 1. The summed E-state index contributed by atoms with van der Waals surface area (Å²) in [4.78, 5) is 21.7. The van der Waals surface area contributed by atoms with Crippen molar-refractivity contribution in [3.8, 4) is 39.7 Å². The highest BCUT2D eigenvalue weighted by atomic mass is 19.1. The molecule has 0 radical (unpaired) electrons. The molecule has 0 spiro atoms. The molecule has 9 nitrogen and oxygen atoms in total. The van der Waals surface area contributed by atoms with Gasteiger partial charge >= 0.3 is 0 Å². The zero-order valence-electron chi connectivity index (χ0n) is 21.7. The van der Waals surface area contributed by atoms with Crippen LogP contribution in [-0.2, 0) is 6.54 Å². The van der Waals surface area contributed by atoms with E-state index in [1.807, 2.05) is 24.5 Å². The molecule has 1 aliphatic rings. The van der Waals surface area contributed by atoms with Crippen LogP contribution in [-0.4, -0.2) is 46.8 Å². The summed E-state index contributed by atoms with van der Waals surface area (Å²) in [7, 11) is 0.